The largest absolute Gasteiger partial charge is 0.310 e. The first-order valence-electron chi connectivity index (χ1n) is 9.26. The van der Waals surface area contributed by atoms with Crippen molar-refractivity contribution in [1.82, 2.24) is 9.78 Å². The predicted octanol–water partition coefficient (Wildman–Crippen LogP) is 4.71. The van der Waals surface area contributed by atoms with Crippen LogP contribution in [0.15, 0.2) is 48.5 Å². The number of ketones is 1. The molecule has 3 aromatic rings. The summed E-state index contributed by atoms with van der Waals surface area (Å²) >= 11 is 6.11. The smallest absolute Gasteiger partial charge is 0.226 e. The van der Waals surface area contributed by atoms with Crippen molar-refractivity contribution in [3.8, 4) is 5.69 Å². The number of anilines is 1. The molecule has 0 bridgehead atoms. The number of fused-ring (bicyclic) bond motifs is 1. The summed E-state index contributed by atoms with van der Waals surface area (Å²) in [4.78, 5) is 25.6. The van der Waals surface area contributed by atoms with Crippen LogP contribution in [0, 0.1) is 6.92 Å². The molecule has 0 spiro atoms. The molecule has 0 radical (unpaired) electrons. The number of carbonyl (C=O) groups excluding carboxylic acids is 2. The first kappa shape index (κ1) is 18.4. The van der Waals surface area contributed by atoms with Gasteiger partial charge in [-0.3, -0.25) is 9.59 Å². The van der Waals surface area contributed by atoms with Gasteiger partial charge in [0.05, 0.1) is 17.3 Å². The molecule has 0 fully saturated rings. The van der Waals surface area contributed by atoms with Crippen LogP contribution in [0.2, 0.25) is 5.02 Å². The van der Waals surface area contributed by atoms with Gasteiger partial charge in [0.1, 0.15) is 5.82 Å². The standard InChI is InChI=1S/C22H20ClN3O2/c1-3-14-7-9-15(10-8-14)21(28)18-12-19(27)24-22-20(18)13(2)25-26(22)17-6-4-5-16(23)11-17/h4-11,18H,3,12H2,1-2H3,(H,24,27)/t18-/m1/s1. The average Bonchev–Trinajstić information content (AvgIpc) is 3.03. The van der Waals surface area contributed by atoms with E-state index in [1.54, 1.807) is 16.8 Å². The number of halogens is 1. The molecule has 1 amide bonds. The second-order valence-electron chi connectivity index (χ2n) is 6.96. The van der Waals surface area contributed by atoms with Gasteiger partial charge in [0.15, 0.2) is 5.78 Å². The van der Waals surface area contributed by atoms with Crippen LogP contribution >= 0.6 is 11.6 Å². The monoisotopic (exact) mass is 393 g/mol. The summed E-state index contributed by atoms with van der Waals surface area (Å²) in [5.74, 6) is -0.268. The normalized spacial score (nSPS) is 15.8. The lowest BCUT2D eigenvalue weighted by atomic mass is 9.85. The van der Waals surface area contributed by atoms with Gasteiger partial charge in [-0.05, 0) is 37.1 Å². The van der Waals surface area contributed by atoms with Gasteiger partial charge in [0.25, 0.3) is 0 Å². The molecule has 28 heavy (non-hydrogen) atoms. The lowest BCUT2D eigenvalue weighted by Crippen LogP contribution is -2.28. The summed E-state index contributed by atoms with van der Waals surface area (Å²) in [6, 6.07) is 14.8. The molecule has 6 heteroatoms. The molecule has 1 aliphatic heterocycles. The van der Waals surface area contributed by atoms with Crippen LogP contribution in [0.1, 0.15) is 46.4 Å². The number of carbonyl (C=O) groups is 2. The number of nitrogens with zero attached hydrogens (tertiary/aromatic N) is 2. The molecular formula is C22H20ClN3O2. The van der Waals surface area contributed by atoms with Crippen LogP contribution in [-0.2, 0) is 11.2 Å². The minimum atomic E-state index is -0.552. The van der Waals surface area contributed by atoms with Crippen LogP contribution in [-0.4, -0.2) is 21.5 Å². The second kappa shape index (κ2) is 7.24. The highest BCUT2D eigenvalue weighted by Gasteiger charge is 2.36. The summed E-state index contributed by atoms with van der Waals surface area (Å²) in [6.07, 6.45) is 1.03. The van der Waals surface area contributed by atoms with E-state index < -0.39 is 5.92 Å². The van der Waals surface area contributed by atoms with E-state index in [2.05, 4.69) is 17.3 Å². The molecule has 5 nitrogen and oxygen atoms in total. The maximum atomic E-state index is 13.2. The molecule has 0 unspecified atom stereocenters. The number of rotatable bonds is 4. The topological polar surface area (TPSA) is 64.0 Å². The van der Waals surface area contributed by atoms with Gasteiger partial charge in [-0.15, -0.1) is 0 Å². The molecule has 1 N–H and O–H groups in total. The highest BCUT2D eigenvalue weighted by molar-refractivity contribution is 6.30. The quantitative estimate of drug-likeness (QED) is 0.653. The third-order valence-corrected chi connectivity index (χ3v) is 5.35. The molecule has 4 rings (SSSR count). The minimum absolute atomic E-state index is 0.0625. The zero-order chi connectivity index (χ0) is 19.8. The first-order chi connectivity index (χ1) is 13.5. The van der Waals surface area contributed by atoms with Crippen LogP contribution in [0.3, 0.4) is 0 Å². The number of amides is 1. The Morgan fingerprint density at radius 2 is 2.00 bits per heavy atom. The zero-order valence-electron chi connectivity index (χ0n) is 15.7. The SMILES string of the molecule is CCc1ccc(C(=O)[C@@H]2CC(=O)Nc3c2c(C)nn3-c2cccc(Cl)c2)cc1. The third kappa shape index (κ3) is 3.22. The van der Waals surface area contributed by atoms with Gasteiger partial charge in [-0.1, -0.05) is 48.9 Å². The highest BCUT2D eigenvalue weighted by atomic mass is 35.5. The molecule has 2 heterocycles. The highest BCUT2D eigenvalue weighted by Crippen LogP contribution is 2.38. The molecule has 0 saturated heterocycles. The van der Waals surface area contributed by atoms with E-state index in [0.717, 1.165) is 23.4 Å². The van der Waals surface area contributed by atoms with E-state index in [9.17, 15) is 9.59 Å². The van der Waals surface area contributed by atoms with E-state index in [-0.39, 0.29) is 18.1 Å². The van der Waals surface area contributed by atoms with E-state index in [4.69, 9.17) is 11.6 Å². The Bertz CT molecular complexity index is 1070. The van der Waals surface area contributed by atoms with Crippen LogP contribution in [0.5, 0.6) is 0 Å². The van der Waals surface area contributed by atoms with E-state index >= 15 is 0 Å². The number of nitrogens with one attached hydrogen (secondary N) is 1. The van der Waals surface area contributed by atoms with Crippen LogP contribution in [0.4, 0.5) is 5.82 Å². The molecule has 2 aromatic carbocycles. The summed E-state index contributed by atoms with van der Waals surface area (Å²) < 4.78 is 1.65. The molecule has 1 aliphatic rings. The predicted molar refractivity (Wildman–Crippen MR) is 109 cm³/mol. The van der Waals surface area contributed by atoms with E-state index in [0.29, 0.717) is 16.4 Å². The number of hydrogen-bond acceptors (Lipinski definition) is 3. The Labute approximate surface area is 168 Å². The maximum Gasteiger partial charge on any atom is 0.226 e. The fraction of sp³-hybridized carbons (Fsp3) is 0.227. The lowest BCUT2D eigenvalue weighted by molar-refractivity contribution is -0.116. The first-order valence-corrected chi connectivity index (χ1v) is 9.64. The fourth-order valence-corrected chi connectivity index (χ4v) is 3.86. The molecule has 0 saturated carbocycles. The van der Waals surface area contributed by atoms with E-state index in [1.807, 2.05) is 43.3 Å². The van der Waals surface area contributed by atoms with E-state index in [1.165, 1.54) is 5.56 Å². The van der Waals surface area contributed by atoms with Crippen molar-refractivity contribution in [2.24, 2.45) is 0 Å². The van der Waals surface area contributed by atoms with Crippen molar-refractivity contribution in [3.63, 3.8) is 0 Å². The molecular weight excluding hydrogens is 374 g/mol. The van der Waals surface area contributed by atoms with Crippen LogP contribution < -0.4 is 5.32 Å². The van der Waals surface area contributed by atoms with Gasteiger partial charge in [-0.25, -0.2) is 4.68 Å². The number of hydrogen-bond donors (Lipinski definition) is 1. The van der Waals surface area contributed by atoms with Crippen molar-refractivity contribution in [2.45, 2.75) is 32.6 Å². The number of Topliss-reactive ketones (excluding diaryl/α,β-unsaturated/α-hetero) is 1. The number of benzene rings is 2. The van der Waals surface area contributed by atoms with Crippen molar-refractivity contribution in [3.05, 3.63) is 75.9 Å². The summed E-state index contributed by atoms with van der Waals surface area (Å²) in [6.45, 7) is 3.93. The van der Waals surface area contributed by atoms with Gasteiger partial charge in [0, 0.05) is 22.6 Å². The number of aromatic nitrogens is 2. The minimum Gasteiger partial charge on any atom is -0.310 e. The Morgan fingerprint density at radius 1 is 1.25 bits per heavy atom. The molecule has 1 aromatic heterocycles. The molecule has 142 valence electrons. The summed E-state index contributed by atoms with van der Waals surface area (Å²) in [5.41, 5.74) is 4.00. The van der Waals surface area contributed by atoms with Crippen molar-refractivity contribution in [1.29, 1.82) is 0 Å². The van der Waals surface area contributed by atoms with Gasteiger partial charge in [0.2, 0.25) is 5.91 Å². The average molecular weight is 394 g/mol. The number of aryl methyl sites for hydroxylation is 2. The van der Waals surface area contributed by atoms with Crippen molar-refractivity contribution in [2.75, 3.05) is 5.32 Å². The van der Waals surface area contributed by atoms with Crippen LogP contribution in [0.25, 0.3) is 5.69 Å². The Balaban J connectivity index is 1.78. The summed E-state index contributed by atoms with van der Waals surface area (Å²) in [7, 11) is 0. The van der Waals surface area contributed by atoms with Gasteiger partial charge < -0.3 is 5.32 Å². The Morgan fingerprint density at radius 3 is 2.68 bits per heavy atom. The lowest BCUT2D eigenvalue weighted by Gasteiger charge is -2.23. The third-order valence-electron chi connectivity index (χ3n) is 5.12. The Kier molecular flexibility index (Phi) is 4.77. The zero-order valence-corrected chi connectivity index (χ0v) is 16.5. The summed E-state index contributed by atoms with van der Waals surface area (Å²) in [5, 5.41) is 8.05. The van der Waals surface area contributed by atoms with Crippen molar-refractivity contribution >= 4 is 29.1 Å². The Hall–Kier alpha value is -2.92. The van der Waals surface area contributed by atoms with Gasteiger partial charge in [-0.2, -0.15) is 5.10 Å². The maximum absolute atomic E-state index is 13.2. The molecule has 1 atom stereocenters. The second-order valence-corrected chi connectivity index (χ2v) is 7.40. The fourth-order valence-electron chi connectivity index (χ4n) is 3.67. The van der Waals surface area contributed by atoms with Crippen molar-refractivity contribution < 1.29 is 9.59 Å². The molecule has 0 aliphatic carbocycles. The van der Waals surface area contributed by atoms with Gasteiger partial charge >= 0.3 is 0 Å².